The summed E-state index contributed by atoms with van der Waals surface area (Å²) in [6, 6.07) is 15.5. The molecule has 0 spiro atoms. The molecule has 1 aliphatic rings. The number of anilines is 2. The van der Waals surface area contributed by atoms with Crippen molar-refractivity contribution in [2.24, 2.45) is 0 Å². The van der Waals surface area contributed by atoms with Gasteiger partial charge >= 0.3 is 0 Å². The van der Waals surface area contributed by atoms with Gasteiger partial charge in [-0.2, -0.15) is 0 Å². The Kier molecular flexibility index (Phi) is 4.18. The number of hydrogen-bond acceptors (Lipinski definition) is 6. The van der Waals surface area contributed by atoms with Crippen LogP contribution in [0.15, 0.2) is 54.9 Å². The number of fused-ring (bicyclic) bond motifs is 1. The van der Waals surface area contributed by atoms with Crippen molar-refractivity contribution in [3.05, 3.63) is 60.4 Å². The van der Waals surface area contributed by atoms with Crippen molar-refractivity contribution in [1.29, 1.82) is 0 Å². The van der Waals surface area contributed by atoms with Gasteiger partial charge in [0.25, 0.3) is 0 Å². The Morgan fingerprint density at radius 1 is 0.960 bits per heavy atom. The van der Waals surface area contributed by atoms with Gasteiger partial charge in [0.2, 0.25) is 6.79 Å². The Balaban J connectivity index is 1.55. The van der Waals surface area contributed by atoms with Gasteiger partial charge in [0.1, 0.15) is 12.1 Å². The minimum absolute atomic E-state index is 0.150. The van der Waals surface area contributed by atoms with Crippen LogP contribution in [0.25, 0.3) is 11.3 Å². The van der Waals surface area contributed by atoms with Crippen LogP contribution in [0.3, 0.4) is 0 Å². The molecule has 3 aromatic rings. The highest BCUT2D eigenvalue weighted by Gasteiger charge is 2.14. The lowest BCUT2D eigenvalue weighted by atomic mass is 10.1. The lowest BCUT2D eigenvalue weighted by Crippen LogP contribution is -1.96. The van der Waals surface area contributed by atoms with Crippen molar-refractivity contribution >= 4 is 11.5 Å². The van der Waals surface area contributed by atoms with E-state index < -0.39 is 0 Å². The SMILES string of the molecule is OCCc1ccc(Nc2cc(-c3ccc4c(c3)OCO4)ncn2)cc1. The van der Waals surface area contributed by atoms with E-state index in [0.717, 1.165) is 34.0 Å². The Bertz CT molecular complexity index is 881. The molecule has 6 nitrogen and oxygen atoms in total. The highest BCUT2D eigenvalue weighted by molar-refractivity contribution is 5.68. The summed E-state index contributed by atoms with van der Waals surface area (Å²) in [7, 11) is 0. The molecular weight excluding hydrogens is 318 g/mol. The quantitative estimate of drug-likeness (QED) is 0.746. The molecule has 0 unspecified atom stereocenters. The molecule has 1 aliphatic heterocycles. The number of rotatable bonds is 5. The first-order chi connectivity index (χ1) is 12.3. The maximum atomic E-state index is 8.97. The Hall–Kier alpha value is -3.12. The third kappa shape index (κ3) is 3.39. The fourth-order valence-electron chi connectivity index (χ4n) is 2.67. The van der Waals surface area contributed by atoms with E-state index in [1.54, 1.807) is 0 Å². The maximum absolute atomic E-state index is 8.97. The molecule has 0 bridgehead atoms. The number of nitrogens with zero attached hydrogens (tertiary/aromatic N) is 2. The third-order valence-corrected chi connectivity index (χ3v) is 3.96. The van der Waals surface area contributed by atoms with E-state index in [-0.39, 0.29) is 13.4 Å². The zero-order chi connectivity index (χ0) is 17.1. The molecule has 0 fully saturated rings. The summed E-state index contributed by atoms with van der Waals surface area (Å²) in [5, 5.41) is 12.2. The van der Waals surface area contributed by atoms with Crippen molar-refractivity contribution in [2.45, 2.75) is 6.42 Å². The normalized spacial score (nSPS) is 12.2. The standard InChI is InChI=1S/C19H17N3O3/c23-8-7-13-1-4-15(5-2-13)22-19-10-16(20-11-21-19)14-3-6-17-18(9-14)25-12-24-17/h1-6,9-11,23H,7-8,12H2,(H,20,21,22). The van der Waals surface area contributed by atoms with E-state index >= 15 is 0 Å². The van der Waals surface area contributed by atoms with Crippen molar-refractivity contribution in [3.8, 4) is 22.8 Å². The largest absolute Gasteiger partial charge is 0.454 e. The molecule has 0 saturated carbocycles. The predicted octanol–water partition coefficient (Wildman–Crippen LogP) is 3.15. The fourth-order valence-corrected chi connectivity index (χ4v) is 2.67. The second kappa shape index (κ2) is 6.78. The summed E-state index contributed by atoms with van der Waals surface area (Å²) >= 11 is 0. The van der Waals surface area contributed by atoms with Gasteiger partial charge in [0.05, 0.1) is 5.69 Å². The number of aromatic nitrogens is 2. The summed E-state index contributed by atoms with van der Waals surface area (Å²) in [5.74, 6) is 2.18. The summed E-state index contributed by atoms with van der Waals surface area (Å²) in [5.41, 5.74) is 3.76. The lowest BCUT2D eigenvalue weighted by molar-refractivity contribution is 0.174. The van der Waals surface area contributed by atoms with Crippen molar-refractivity contribution in [1.82, 2.24) is 9.97 Å². The number of benzene rings is 2. The zero-order valence-electron chi connectivity index (χ0n) is 13.5. The van der Waals surface area contributed by atoms with Crippen LogP contribution in [0.1, 0.15) is 5.56 Å². The van der Waals surface area contributed by atoms with Gasteiger partial charge in [0, 0.05) is 23.9 Å². The first-order valence-corrected chi connectivity index (χ1v) is 8.01. The maximum Gasteiger partial charge on any atom is 0.231 e. The van der Waals surface area contributed by atoms with Crippen molar-refractivity contribution in [3.63, 3.8) is 0 Å². The molecule has 6 heteroatoms. The van der Waals surface area contributed by atoms with Crippen LogP contribution >= 0.6 is 0 Å². The molecule has 2 N–H and O–H groups in total. The van der Waals surface area contributed by atoms with Crippen LogP contribution in [-0.4, -0.2) is 28.5 Å². The topological polar surface area (TPSA) is 76.5 Å². The van der Waals surface area contributed by atoms with Crippen molar-refractivity contribution in [2.75, 3.05) is 18.7 Å². The number of nitrogens with one attached hydrogen (secondary N) is 1. The van der Waals surface area contributed by atoms with Crippen LogP contribution in [0, 0.1) is 0 Å². The first-order valence-electron chi connectivity index (χ1n) is 8.01. The second-order valence-corrected chi connectivity index (χ2v) is 5.65. The monoisotopic (exact) mass is 335 g/mol. The van der Waals surface area contributed by atoms with Gasteiger partial charge in [0.15, 0.2) is 11.5 Å². The van der Waals surface area contributed by atoms with Crippen molar-refractivity contribution < 1.29 is 14.6 Å². The Morgan fingerprint density at radius 3 is 2.64 bits per heavy atom. The van der Waals surface area contributed by atoms with Crippen LogP contribution in [-0.2, 0) is 6.42 Å². The molecule has 126 valence electrons. The van der Waals surface area contributed by atoms with Crippen LogP contribution in [0.2, 0.25) is 0 Å². The van der Waals surface area contributed by atoms with E-state index in [2.05, 4.69) is 15.3 Å². The van der Waals surface area contributed by atoms with Gasteiger partial charge < -0.3 is 19.9 Å². The first kappa shape index (κ1) is 15.4. The summed E-state index contributed by atoms with van der Waals surface area (Å²) in [6.07, 6.45) is 2.18. The molecule has 0 saturated heterocycles. The third-order valence-electron chi connectivity index (χ3n) is 3.96. The van der Waals surface area contributed by atoms with Gasteiger partial charge in [-0.1, -0.05) is 12.1 Å². The number of aliphatic hydroxyl groups is 1. The molecular formula is C19H17N3O3. The van der Waals surface area contributed by atoms with Crippen LogP contribution in [0.5, 0.6) is 11.5 Å². The smallest absolute Gasteiger partial charge is 0.231 e. The molecule has 4 rings (SSSR count). The van der Waals surface area contributed by atoms with Gasteiger partial charge in [-0.05, 0) is 42.3 Å². The van der Waals surface area contributed by atoms with E-state index in [1.807, 2.05) is 48.5 Å². The molecule has 0 amide bonds. The molecule has 0 aliphatic carbocycles. The van der Waals surface area contributed by atoms with Crippen LogP contribution in [0.4, 0.5) is 11.5 Å². The predicted molar refractivity (Wildman–Crippen MR) is 94.1 cm³/mol. The number of aliphatic hydroxyl groups excluding tert-OH is 1. The van der Waals surface area contributed by atoms with Crippen LogP contribution < -0.4 is 14.8 Å². The average molecular weight is 335 g/mol. The summed E-state index contributed by atoms with van der Waals surface area (Å²) in [6.45, 7) is 0.402. The highest BCUT2D eigenvalue weighted by Crippen LogP contribution is 2.35. The number of ether oxygens (including phenoxy) is 2. The van der Waals surface area contributed by atoms with E-state index in [9.17, 15) is 0 Å². The molecule has 25 heavy (non-hydrogen) atoms. The minimum Gasteiger partial charge on any atom is -0.454 e. The average Bonchev–Trinajstić information content (AvgIpc) is 3.12. The zero-order valence-corrected chi connectivity index (χ0v) is 13.5. The van der Waals surface area contributed by atoms with Gasteiger partial charge in [-0.3, -0.25) is 0 Å². The van der Waals surface area contributed by atoms with Gasteiger partial charge in [-0.25, -0.2) is 9.97 Å². The van der Waals surface area contributed by atoms with E-state index in [1.165, 1.54) is 6.33 Å². The molecule has 0 radical (unpaired) electrons. The van der Waals surface area contributed by atoms with Gasteiger partial charge in [-0.15, -0.1) is 0 Å². The fraction of sp³-hybridized carbons (Fsp3) is 0.158. The summed E-state index contributed by atoms with van der Waals surface area (Å²) in [4.78, 5) is 8.61. The molecule has 2 aromatic carbocycles. The van der Waals surface area contributed by atoms with E-state index in [4.69, 9.17) is 14.6 Å². The number of hydrogen-bond donors (Lipinski definition) is 2. The Labute approximate surface area is 145 Å². The second-order valence-electron chi connectivity index (χ2n) is 5.65. The summed E-state index contributed by atoms with van der Waals surface area (Å²) < 4.78 is 10.8. The Morgan fingerprint density at radius 2 is 1.80 bits per heavy atom. The molecule has 0 atom stereocenters. The molecule has 2 heterocycles. The van der Waals surface area contributed by atoms with E-state index in [0.29, 0.717) is 12.2 Å². The lowest BCUT2D eigenvalue weighted by Gasteiger charge is -2.08. The minimum atomic E-state index is 0.150. The highest BCUT2D eigenvalue weighted by atomic mass is 16.7. The molecule has 1 aromatic heterocycles.